The highest BCUT2D eigenvalue weighted by Gasteiger charge is 2.29. The number of methoxy groups -OCH3 is 1. The number of hydrogen-bond acceptors (Lipinski definition) is 5. The zero-order valence-corrected chi connectivity index (χ0v) is 17.5. The van der Waals surface area contributed by atoms with Crippen LogP contribution in [-0.4, -0.2) is 55.5 Å². The maximum absolute atomic E-state index is 12.3. The van der Waals surface area contributed by atoms with E-state index in [4.69, 9.17) is 14.6 Å². The molecular formula is C23H26N2O6. The van der Waals surface area contributed by atoms with Crippen molar-refractivity contribution >= 4 is 18.0 Å². The Morgan fingerprint density at radius 3 is 2.13 bits per heavy atom. The predicted octanol–water partition coefficient (Wildman–Crippen LogP) is 2.52. The first-order valence-corrected chi connectivity index (χ1v) is 10.0. The lowest BCUT2D eigenvalue weighted by Crippen LogP contribution is -2.46. The van der Waals surface area contributed by atoms with Gasteiger partial charge in [-0.25, -0.2) is 9.59 Å². The third-order valence-electron chi connectivity index (χ3n) is 5.17. The van der Waals surface area contributed by atoms with Crippen molar-refractivity contribution < 1.29 is 29.0 Å². The monoisotopic (exact) mass is 426 g/mol. The molecule has 2 aromatic rings. The topological polar surface area (TPSA) is 114 Å². The van der Waals surface area contributed by atoms with Gasteiger partial charge in [-0.15, -0.1) is 0 Å². The number of fused-ring (bicyclic) bond motifs is 3. The van der Waals surface area contributed by atoms with Crippen LogP contribution in [0.15, 0.2) is 48.5 Å². The van der Waals surface area contributed by atoms with Crippen molar-refractivity contribution in [2.45, 2.75) is 31.3 Å². The number of carboxylic acids is 1. The van der Waals surface area contributed by atoms with Gasteiger partial charge in [0.2, 0.25) is 5.91 Å². The van der Waals surface area contributed by atoms with Gasteiger partial charge in [0.15, 0.2) is 6.04 Å². The number of amides is 2. The summed E-state index contributed by atoms with van der Waals surface area (Å²) in [5, 5.41) is 14.0. The molecule has 1 aliphatic carbocycles. The van der Waals surface area contributed by atoms with Gasteiger partial charge >= 0.3 is 12.1 Å². The maximum atomic E-state index is 12.3. The molecular weight excluding hydrogens is 400 g/mol. The lowest BCUT2D eigenvalue weighted by Gasteiger charge is -2.18. The van der Waals surface area contributed by atoms with Gasteiger partial charge in [-0.05, 0) is 29.2 Å². The number of carboxylic acid groups (broad SMARTS) is 1. The predicted molar refractivity (Wildman–Crippen MR) is 114 cm³/mol. The van der Waals surface area contributed by atoms with E-state index < -0.39 is 30.1 Å². The van der Waals surface area contributed by atoms with Crippen molar-refractivity contribution in [1.82, 2.24) is 10.6 Å². The molecule has 2 atom stereocenters. The summed E-state index contributed by atoms with van der Waals surface area (Å²) in [6, 6.07) is 14.4. The summed E-state index contributed by atoms with van der Waals surface area (Å²) in [4.78, 5) is 35.4. The zero-order valence-electron chi connectivity index (χ0n) is 17.5. The second-order valence-corrected chi connectivity index (χ2v) is 7.49. The Labute approximate surface area is 180 Å². The van der Waals surface area contributed by atoms with Crippen LogP contribution >= 0.6 is 0 Å². The van der Waals surface area contributed by atoms with Gasteiger partial charge in [-0.1, -0.05) is 48.5 Å². The lowest BCUT2D eigenvalue weighted by molar-refractivity contribution is -0.143. The van der Waals surface area contributed by atoms with E-state index in [1.54, 1.807) is 6.92 Å². The van der Waals surface area contributed by atoms with Gasteiger partial charge in [-0.2, -0.15) is 0 Å². The quantitative estimate of drug-likeness (QED) is 0.568. The number of nitrogens with one attached hydrogen (secondary N) is 2. The van der Waals surface area contributed by atoms with Gasteiger partial charge in [-0.3, -0.25) is 4.79 Å². The molecule has 0 saturated carbocycles. The molecule has 1 unspecified atom stereocenters. The molecule has 0 radical (unpaired) electrons. The minimum Gasteiger partial charge on any atom is -0.480 e. The van der Waals surface area contributed by atoms with Crippen LogP contribution in [0.1, 0.15) is 30.4 Å². The first-order chi connectivity index (χ1) is 14.9. The molecule has 0 heterocycles. The Balaban J connectivity index is 1.52. The summed E-state index contributed by atoms with van der Waals surface area (Å²) < 4.78 is 10.2. The molecule has 3 rings (SSSR count). The van der Waals surface area contributed by atoms with Gasteiger partial charge in [0.1, 0.15) is 6.61 Å². The molecule has 1 aliphatic rings. The molecule has 3 N–H and O–H groups in total. The highest BCUT2D eigenvalue weighted by molar-refractivity contribution is 5.84. The number of benzene rings is 2. The van der Waals surface area contributed by atoms with Gasteiger partial charge < -0.3 is 25.2 Å². The fourth-order valence-corrected chi connectivity index (χ4v) is 3.77. The van der Waals surface area contributed by atoms with Crippen LogP contribution in [0, 0.1) is 0 Å². The Morgan fingerprint density at radius 2 is 1.58 bits per heavy atom. The number of rotatable bonds is 9. The van der Waals surface area contributed by atoms with Crippen molar-refractivity contribution in [1.29, 1.82) is 0 Å². The maximum Gasteiger partial charge on any atom is 0.407 e. The van der Waals surface area contributed by atoms with Crippen LogP contribution in [0.2, 0.25) is 0 Å². The summed E-state index contributed by atoms with van der Waals surface area (Å²) in [6.07, 6.45) is -0.716. The summed E-state index contributed by atoms with van der Waals surface area (Å²) in [5.41, 5.74) is 4.51. The van der Waals surface area contributed by atoms with Gasteiger partial charge in [0, 0.05) is 25.5 Å². The molecule has 164 valence electrons. The van der Waals surface area contributed by atoms with Gasteiger partial charge in [0.25, 0.3) is 0 Å². The third-order valence-corrected chi connectivity index (χ3v) is 5.17. The summed E-state index contributed by atoms with van der Waals surface area (Å²) >= 11 is 0. The first kappa shape index (κ1) is 22.3. The molecule has 0 fully saturated rings. The highest BCUT2D eigenvalue weighted by Crippen LogP contribution is 2.44. The van der Waals surface area contributed by atoms with E-state index >= 15 is 0 Å². The average molecular weight is 426 g/mol. The van der Waals surface area contributed by atoms with Crippen LogP contribution in [-0.2, 0) is 19.1 Å². The Hall–Kier alpha value is -3.39. The Kier molecular flexibility index (Phi) is 7.25. The van der Waals surface area contributed by atoms with E-state index in [0.717, 1.165) is 22.3 Å². The minimum atomic E-state index is -1.19. The van der Waals surface area contributed by atoms with E-state index in [9.17, 15) is 14.4 Å². The molecule has 8 nitrogen and oxygen atoms in total. The largest absolute Gasteiger partial charge is 0.480 e. The molecule has 0 bridgehead atoms. The fourth-order valence-electron chi connectivity index (χ4n) is 3.77. The normalized spacial score (nSPS) is 14.1. The molecule has 2 amide bonds. The van der Waals surface area contributed by atoms with Crippen molar-refractivity contribution in [3.63, 3.8) is 0 Å². The second-order valence-electron chi connectivity index (χ2n) is 7.49. The number of alkyl carbamates (subject to hydrolysis) is 1. The minimum absolute atomic E-state index is 0.0536. The lowest BCUT2D eigenvalue weighted by atomic mass is 9.98. The first-order valence-electron chi connectivity index (χ1n) is 10.0. The highest BCUT2D eigenvalue weighted by atomic mass is 16.5. The van der Waals surface area contributed by atoms with Crippen LogP contribution < -0.4 is 10.6 Å². The number of aliphatic carboxylic acids is 1. The molecule has 0 aliphatic heterocycles. The summed E-state index contributed by atoms with van der Waals surface area (Å²) in [6.45, 7) is 1.68. The van der Waals surface area contributed by atoms with E-state index in [-0.39, 0.29) is 25.6 Å². The van der Waals surface area contributed by atoms with E-state index in [2.05, 4.69) is 22.8 Å². The SMILES string of the molecule is COCC(NC(=O)C[C@H](C)NC(=O)OCC1c2ccccc2-c2ccccc21)C(=O)O. The van der Waals surface area contributed by atoms with Crippen molar-refractivity contribution in [2.75, 3.05) is 20.3 Å². The number of hydrogen-bond donors (Lipinski definition) is 3. The molecule has 0 spiro atoms. The summed E-state index contributed by atoms with van der Waals surface area (Å²) in [7, 11) is 1.35. The molecule has 31 heavy (non-hydrogen) atoms. The Bertz CT molecular complexity index is 915. The third kappa shape index (κ3) is 5.40. The molecule has 8 heteroatoms. The zero-order chi connectivity index (χ0) is 22.4. The van der Waals surface area contributed by atoms with Gasteiger partial charge in [0.05, 0.1) is 6.61 Å². The van der Waals surface area contributed by atoms with E-state index in [1.807, 2.05) is 36.4 Å². The summed E-state index contributed by atoms with van der Waals surface area (Å²) in [5.74, 6) is -1.75. The van der Waals surface area contributed by atoms with Crippen molar-refractivity contribution in [3.8, 4) is 11.1 Å². The van der Waals surface area contributed by atoms with Crippen LogP contribution in [0.5, 0.6) is 0 Å². The molecule has 0 aromatic heterocycles. The van der Waals surface area contributed by atoms with Crippen molar-refractivity contribution in [3.05, 3.63) is 59.7 Å². The molecule has 2 aromatic carbocycles. The van der Waals surface area contributed by atoms with Crippen LogP contribution in [0.4, 0.5) is 4.79 Å². The number of carbonyl (C=O) groups excluding carboxylic acids is 2. The van der Waals surface area contributed by atoms with Crippen molar-refractivity contribution in [2.24, 2.45) is 0 Å². The average Bonchev–Trinajstić information content (AvgIpc) is 3.05. The van der Waals surface area contributed by atoms with Crippen LogP contribution in [0.3, 0.4) is 0 Å². The standard InChI is InChI=1S/C23H26N2O6/c1-14(11-21(26)25-20(13-30-2)22(27)28)24-23(29)31-12-19-17-9-5-3-7-15(17)16-8-4-6-10-18(16)19/h3-10,14,19-20H,11-13H2,1-2H3,(H,24,29)(H,25,26)(H,27,28)/t14-,20?/m0/s1. The molecule has 0 saturated heterocycles. The van der Waals surface area contributed by atoms with E-state index in [0.29, 0.717) is 0 Å². The number of ether oxygens (including phenoxy) is 2. The smallest absolute Gasteiger partial charge is 0.407 e. The Morgan fingerprint density at radius 1 is 1.00 bits per heavy atom. The number of carbonyl (C=O) groups is 3. The second kappa shape index (κ2) is 10.1. The fraction of sp³-hybridized carbons (Fsp3) is 0.348. The van der Waals surface area contributed by atoms with E-state index in [1.165, 1.54) is 7.11 Å². The van der Waals surface area contributed by atoms with Crippen LogP contribution in [0.25, 0.3) is 11.1 Å².